The Morgan fingerprint density at radius 3 is 2.08 bits per heavy atom. The second kappa shape index (κ2) is 7.36. The largest absolute Gasteiger partial charge is 0.296 e. The summed E-state index contributed by atoms with van der Waals surface area (Å²) in [5, 5.41) is 12.1. The Balaban J connectivity index is 1.71. The van der Waals surface area contributed by atoms with Crippen LogP contribution in [-0.4, -0.2) is 21.9 Å². The standard InChI is InChI=1S/C19H17N3O2S/c1-12(2)18-21-22-19(25-18)20-17(24)15-10-8-14(9-11-15)16(23)13-6-4-3-5-7-13/h3-12H,1-2H3,(H,20,22,24). The van der Waals surface area contributed by atoms with Crippen molar-refractivity contribution in [1.29, 1.82) is 0 Å². The molecule has 1 N–H and O–H groups in total. The average Bonchev–Trinajstić information content (AvgIpc) is 3.11. The molecule has 126 valence electrons. The van der Waals surface area contributed by atoms with Gasteiger partial charge in [0, 0.05) is 22.6 Å². The Kier molecular flexibility index (Phi) is 5.00. The molecule has 5 nitrogen and oxygen atoms in total. The minimum absolute atomic E-state index is 0.0711. The molecule has 0 fully saturated rings. The number of anilines is 1. The SMILES string of the molecule is CC(C)c1nnc(NC(=O)c2ccc(C(=O)c3ccccc3)cc2)s1. The highest BCUT2D eigenvalue weighted by Gasteiger charge is 2.13. The van der Waals surface area contributed by atoms with Gasteiger partial charge in [-0.25, -0.2) is 0 Å². The maximum Gasteiger partial charge on any atom is 0.257 e. The second-order valence-corrected chi connectivity index (χ2v) is 6.84. The van der Waals surface area contributed by atoms with Crippen molar-refractivity contribution in [2.45, 2.75) is 19.8 Å². The van der Waals surface area contributed by atoms with E-state index in [2.05, 4.69) is 15.5 Å². The summed E-state index contributed by atoms with van der Waals surface area (Å²) in [6.07, 6.45) is 0. The van der Waals surface area contributed by atoms with E-state index in [1.54, 1.807) is 36.4 Å². The van der Waals surface area contributed by atoms with Gasteiger partial charge in [0.15, 0.2) is 5.78 Å². The maximum atomic E-state index is 12.4. The van der Waals surface area contributed by atoms with Crippen LogP contribution in [0.4, 0.5) is 5.13 Å². The van der Waals surface area contributed by atoms with Crippen LogP contribution in [-0.2, 0) is 0 Å². The van der Waals surface area contributed by atoms with Gasteiger partial charge in [-0.15, -0.1) is 10.2 Å². The van der Waals surface area contributed by atoms with Crippen LogP contribution in [0.1, 0.15) is 51.1 Å². The molecule has 0 radical (unpaired) electrons. The Morgan fingerprint density at radius 1 is 0.880 bits per heavy atom. The van der Waals surface area contributed by atoms with E-state index in [1.807, 2.05) is 32.0 Å². The number of nitrogens with one attached hydrogen (secondary N) is 1. The van der Waals surface area contributed by atoms with Gasteiger partial charge in [0.1, 0.15) is 5.01 Å². The van der Waals surface area contributed by atoms with E-state index in [4.69, 9.17) is 0 Å². The summed E-state index contributed by atoms with van der Waals surface area (Å²) in [6, 6.07) is 15.6. The first-order chi connectivity index (χ1) is 12.0. The number of aromatic nitrogens is 2. The highest BCUT2D eigenvalue weighted by molar-refractivity contribution is 7.15. The lowest BCUT2D eigenvalue weighted by Crippen LogP contribution is -2.12. The molecule has 3 aromatic rings. The fourth-order valence-corrected chi connectivity index (χ4v) is 2.96. The first-order valence-corrected chi connectivity index (χ1v) is 8.71. The molecule has 25 heavy (non-hydrogen) atoms. The minimum atomic E-state index is -0.273. The molecule has 0 saturated heterocycles. The second-order valence-electron chi connectivity index (χ2n) is 5.83. The summed E-state index contributed by atoms with van der Waals surface area (Å²) in [6.45, 7) is 4.04. The topological polar surface area (TPSA) is 72.0 Å². The molecule has 1 heterocycles. The number of rotatable bonds is 5. The molecule has 0 unspecified atom stereocenters. The lowest BCUT2D eigenvalue weighted by molar-refractivity contribution is 0.102. The summed E-state index contributed by atoms with van der Waals surface area (Å²) in [4.78, 5) is 24.7. The summed E-state index contributed by atoms with van der Waals surface area (Å²) in [7, 11) is 0. The van der Waals surface area contributed by atoms with Crippen LogP contribution < -0.4 is 5.32 Å². The third-order valence-corrected chi connectivity index (χ3v) is 4.74. The highest BCUT2D eigenvalue weighted by Crippen LogP contribution is 2.23. The van der Waals surface area contributed by atoms with Crippen molar-refractivity contribution in [2.75, 3.05) is 5.32 Å². The van der Waals surface area contributed by atoms with Crippen LogP contribution >= 0.6 is 11.3 Å². The van der Waals surface area contributed by atoms with Crippen LogP contribution in [0.3, 0.4) is 0 Å². The van der Waals surface area contributed by atoms with E-state index in [-0.39, 0.29) is 17.6 Å². The van der Waals surface area contributed by atoms with Gasteiger partial charge in [0.05, 0.1) is 0 Å². The van der Waals surface area contributed by atoms with Gasteiger partial charge in [-0.1, -0.05) is 67.6 Å². The van der Waals surface area contributed by atoms with Gasteiger partial charge in [0.25, 0.3) is 5.91 Å². The first kappa shape index (κ1) is 17.0. The molecule has 0 aliphatic carbocycles. The third kappa shape index (κ3) is 3.97. The van der Waals surface area contributed by atoms with Crippen molar-refractivity contribution in [3.8, 4) is 0 Å². The number of hydrogen-bond acceptors (Lipinski definition) is 5. The lowest BCUT2D eigenvalue weighted by atomic mass is 10.0. The molecule has 0 spiro atoms. The van der Waals surface area contributed by atoms with E-state index in [0.717, 1.165) is 5.01 Å². The quantitative estimate of drug-likeness (QED) is 0.701. The molecule has 0 saturated carbocycles. The van der Waals surface area contributed by atoms with Gasteiger partial charge in [0.2, 0.25) is 5.13 Å². The van der Waals surface area contributed by atoms with Crippen molar-refractivity contribution in [1.82, 2.24) is 10.2 Å². The summed E-state index contributed by atoms with van der Waals surface area (Å²) in [5.74, 6) is -0.0742. The predicted octanol–water partition coefficient (Wildman–Crippen LogP) is 4.14. The first-order valence-electron chi connectivity index (χ1n) is 7.89. The van der Waals surface area contributed by atoms with E-state index in [1.165, 1.54) is 11.3 Å². The fraction of sp³-hybridized carbons (Fsp3) is 0.158. The van der Waals surface area contributed by atoms with Gasteiger partial charge in [-0.2, -0.15) is 0 Å². The van der Waals surface area contributed by atoms with Crippen molar-refractivity contribution in [3.63, 3.8) is 0 Å². The zero-order chi connectivity index (χ0) is 17.8. The molecule has 1 amide bonds. The Hall–Kier alpha value is -2.86. The van der Waals surface area contributed by atoms with E-state index in [0.29, 0.717) is 21.8 Å². The molecule has 6 heteroatoms. The average molecular weight is 351 g/mol. The maximum absolute atomic E-state index is 12.4. The number of carbonyl (C=O) groups excluding carboxylic acids is 2. The van der Waals surface area contributed by atoms with E-state index in [9.17, 15) is 9.59 Å². The van der Waals surface area contributed by atoms with Crippen LogP contribution in [0.2, 0.25) is 0 Å². The zero-order valence-corrected chi connectivity index (χ0v) is 14.7. The van der Waals surface area contributed by atoms with Crippen LogP contribution in [0.5, 0.6) is 0 Å². The van der Waals surface area contributed by atoms with Crippen molar-refractivity contribution in [2.24, 2.45) is 0 Å². The number of ketones is 1. The zero-order valence-electron chi connectivity index (χ0n) is 13.9. The van der Waals surface area contributed by atoms with Crippen LogP contribution in [0.25, 0.3) is 0 Å². The number of benzene rings is 2. The molecule has 0 atom stereocenters. The Labute approximate surface area is 149 Å². The fourth-order valence-electron chi connectivity index (χ4n) is 2.22. The molecule has 0 aliphatic rings. The molecule has 2 aromatic carbocycles. The molecule has 0 aliphatic heterocycles. The normalized spacial score (nSPS) is 10.7. The molecular weight excluding hydrogens is 334 g/mol. The van der Waals surface area contributed by atoms with Crippen molar-refractivity contribution in [3.05, 3.63) is 76.3 Å². The van der Waals surface area contributed by atoms with Crippen LogP contribution in [0.15, 0.2) is 54.6 Å². The number of carbonyl (C=O) groups is 2. The number of nitrogens with zero attached hydrogens (tertiary/aromatic N) is 2. The van der Waals surface area contributed by atoms with Crippen molar-refractivity contribution >= 4 is 28.2 Å². The Bertz CT molecular complexity index is 887. The molecule has 3 rings (SSSR count). The summed E-state index contributed by atoms with van der Waals surface area (Å²) in [5.41, 5.74) is 1.63. The number of hydrogen-bond donors (Lipinski definition) is 1. The molecule has 0 bridgehead atoms. The third-order valence-electron chi connectivity index (χ3n) is 3.60. The molecule has 1 aromatic heterocycles. The Morgan fingerprint density at radius 2 is 1.48 bits per heavy atom. The van der Waals surface area contributed by atoms with Gasteiger partial charge in [-0.05, 0) is 12.1 Å². The van der Waals surface area contributed by atoms with Crippen LogP contribution in [0, 0.1) is 0 Å². The summed E-state index contributed by atoms with van der Waals surface area (Å²) >= 11 is 1.36. The smallest absolute Gasteiger partial charge is 0.257 e. The lowest BCUT2D eigenvalue weighted by Gasteiger charge is -2.04. The highest BCUT2D eigenvalue weighted by atomic mass is 32.1. The van der Waals surface area contributed by atoms with Crippen molar-refractivity contribution < 1.29 is 9.59 Å². The van der Waals surface area contributed by atoms with Gasteiger partial charge >= 0.3 is 0 Å². The number of amides is 1. The van der Waals surface area contributed by atoms with E-state index < -0.39 is 0 Å². The minimum Gasteiger partial charge on any atom is -0.296 e. The van der Waals surface area contributed by atoms with Gasteiger partial charge in [-0.3, -0.25) is 14.9 Å². The molecular formula is C19H17N3O2S. The van der Waals surface area contributed by atoms with E-state index >= 15 is 0 Å². The monoisotopic (exact) mass is 351 g/mol. The van der Waals surface area contributed by atoms with Gasteiger partial charge < -0.3 is 0 Å². The summed E-state index contributed by atoms with van der Waals surface area (Å²) < 4.78 is 0. The predicted molar refractivity (Wildman–Crippen MR) is 98.3 cm³/mol.